The fourth-order valence-electron chi connectivity index (χ4n) is 1.82. The van der Waals surface area contributed by atoms with Crippen molar-refractivity contribution in [2.75, 3.05) is 0 Å². The van der Waals surface area contributed by atoms with E-state index in [0.717, 1.165) is 17.7 Å². The number of nitrogens with zero attached hydrogens (tertiary/aromatic N) is 1. The number of amides is 1. The molecule has 2 aromatic rings. The molecule has 2 rings (SSSR count). The summed E-state index contributed by atoms with van der Waals surface area (Å²) in [6.45, 7) is 5.83. The van der Waals surface area contributed by atoms with Crippen LogP contribution >= 0.6 is 0 Å². The molecule has 0 bridgehead atoms. The molecule has 0 aliphatic heterocycles. The highest BCUT2D eigenvalue weighted by atomic mass is 16.3. The molecule has 4 nitrogen and oxygen atoms in total. The predicted molar refractivity (Wildman–Crippen MR) is 78.9 cm³/mol. The molecule has 1 aromatic carbocycles. The summed E-state index contributed by atoms with van der Waals surface area (Å²) in [6, 6.07) is 11.4. The van der Waals surface area contributed by atoms with E-state index in [1.54, 1.807) is 19.1 Å². The average Bonchev–Trinajstić information content (AvgIpc) is 2.88. The van der Waals surface area contributed by atoms with Crippen LogP contribution in [-0.4, -0.2) is 11.6 Å². The van der Waals surface area contributed by atoms with E-state index in [1.807, 2.05) is 38.1 Å². The molecule has 1 heterocycles. The molecule has 0 aliphatic carbocycles. The lowest BCUT2D eigenvalue weighted by molar-refractivity contribution is 0.0926. The van der Waals surface area contributed by atoms with Gasteiger partial charge in [0.25, 0.3) is 0 Å². The number of hydrogen-bond acceptors (Lipinski definition) is 3. The smallest absolute Gasteiger partial charge is 0.307 e. The third kappa shape index (κ3) is 3.35. The van der Waals surface area contributed by atoms with E-state index in [2.05, 4.69) is 10.5 Å². The molecule has 0 aliphatic rings. The van der Waals surface area contributed by atoms with Gasteiger partial charge in [0.05, 0.1) is 5.71 Å². The highest BCUT2D eigenvalue weighted by Gasteiger charge is 2.09. The molecule has 4 heteroatoms. The molecule has 1 aromatic heterocycles. The van der Waals surface area contributed by atoms with Gasteiger partial charge in [-0.15, -0.1) is 0 Å². The number of furan rings is 1. The summed E-state index contributed by atoms with van der Waals surface area (Å²) >= 11 is 0. The Labute approximate surface area is 118 Å². The van der Waals surface area contributed by atoms with Crippen molar-refractivity contribution in [3.63, 3.8) is 0 Å². The van der Waals surface area contributed by atoms with E-state index >= 15 is 0 Å². The van der Waals surface area contributed by atoms with Crippen LogP contribution in [0.2, 0.25) is 0 Å². The Hall–Kier alpha value is -2.36. The Kier molecular flexibility index (Phi) is 4.35. The van der Waals surface area contributed by atoms with Crippen LogP contribution in [0.15, 0.2) is 45.9 Å². The van der Waals surface area contributed by atoms with Gasteiger partial charge in [-0.2, -0.15) is 5.10 Å². The second-order valence-corrected chi connectivity index (χ2v) is 4.63. The summed E-state index contributed by atoms with van der Waals surface area (Å²) < 4.78 is 5.25. The summed E-state index contributed by atoms with van der Waals surface area (Å²) in [5.74, 6) is 0.634. The standard InChI is InChI=1S/C16H18N2O2/c1-4-14(13-8-5-11(2)6-9-13)17-18-16(19)15-10-7-12(3)20-15/h5-10H,4H2,1-3H3,(H,18,19)/b17-14+. The molecule has 0 radical (unpaired) electrons. The van der Waals surface area contributed by atoms with Crippen LogP contribution in [0.3, 0.4) is 0 Å². The summed E-state index contributed by atoms with van der Waals surface area (Å²) in [6.07, 6.45) is 0.737. The van der Waals surface area contributed by atoms with E-state index in [-0.39, 0.29) is 11.7 Å². The van der Waals surface area contributed by atoms with Crippen molar-refractivity contribution >= 4 is 11.6 Å². The van der Waals surface area contributed by atoms with E-state index in [0.29, 0.717) is 5.76 Å². The van der Waals surface area contributed by atoms with Crippen molar-refractivity contribution in [3.05, 3.63) is 59.0 Å². The van der Waals surface area contributed by atoms with Crippen molar-refractivity contribution in [1.82, 2.24) is 5.43 Å². The molecule has 0 saturated carbocycles. The Bertz CT molecular complexity index is 624. The Morgan fingerprint density at radius 2 is 1.85 bits per heavy atom. The maximum absolute atomic E-state index is 11.9. The van der Waals surface area contributed by atoms with Crippen LogP contribution in [0, 0.1) is 13.8 Å². The summed E-state index contributed by atoms with van der Waals surface area (Å²) in [5.41, 5.74) is 5.57. The Morgan fingerprint density at radius 1 is 1.15 bits per heavy atom. The first-order valence-corrected chi connectivity index (χ1v) is 6.60. The first kappa shape index (κ1) is 14.1. The molecule has 0 atom stereocenters. The monoisotopic (exact) mass is 270 g/mol. The van der Waals surface area contributed by atoms with Gasteiger partial charge in [0, 0.05) is 0 Å². The highest BCUT2D eigenvalue weighted by Crippen LogP contribution is 2.08. The van der Waals surface area contributed by atoms with Gasteiger partial charge in [-0.05, 0) is 38.0 Å². The van der Waals surface area contributed by atoms with Gasteiger partial charge in [-0.1, -0.05) is 36.8 Å². The molecular formula is C16H18N2O2. The van der Waals surface area contributed by atoms with Crippen molar-refractivity contribution in [3.8, 4) is 0 Å². The average molecular weight is 270 g/mol. The quantitative estimate of drug-likeness (QED) is 0.683. The van der Waals surface area contributed by atoms with Crippen LogP contribution < -0.4 is 5.43 Å². The zero-order chi connectivity index (χ0) is 14.5. The topological polar surface area (TPSA) is 54.6 Å². The largest absolute Gasteiger partial charge is 0.456 e. The number of carbonyl (C=O) groups is 1. The number of carbonyl (C=O) groups excluding carboxylic acids is 1. The lowest BCUT2D eigenvalue weighted by atomic mass is 10.1. The Balaban J connectivity index is 2.11. The zero-order valence-corrected chi connectivity index (χ0v) is 11.9. The van der Waals surface area contributed by atoms with Crippen molar-refractivity contribution in [2.24, 2.45) is 5.10 Å². The fourth-order valence-corrected chi connectivity index (χ4v) is 1.82. The van der Waals surface area contributed by atoms with E-state index in [9.17, 15) is 4.79 Å². The van der Waals surface area contributed by atoms with Gasteiger partial charge in [-0.3, -0.25) is 4.79 Å². The normalized spacial score (nSPS) is 11.4. The highest BCUT2D eigenvalue weighted by molar-refractivity contribution is 6.01. The lowest BCUT2D eigenvalue weighted by Crippen LogP contribution is -2.19. The maximum atomic E-state index is 11.9. The number of hydrazone groups is 1. The number of rotatable bonds is 4. The molecule has 0 unspecified atom stereocenters. The molecular weight excluding hydrogens is 252 g/mol. The lowest BCUT2D eigenvalue weighted by Gasteiger charge is -2.05. The van der Waals surface area contributed by atoms with Crippen LogP contribution in [-0.2, 0) is 0 Å². The number of hydrogen-bond donors (Lipinski definition) is 1. The van der Waals surface area contributed by atoms with E-state index in [1.165, 1.54) is 5.56 Å². The van der Waals surface area contributed by atoms with E-state index < -0.39 is 0 Å². The SMILES string of the molecule is CC/C(=N\NC(=O)c1ccc(C)o1)c1ccc(C)cc1. The Morgan fingerprint density at radius 3 is 2.40 bits per heavy atom. The van der Waals surface area contributed by atoms with Gasteiger partial charge in [0.1, 0.15) is 5.76 Å². The van der Waals surface area contributed by atoms with Crippen LogP contribution in [0.4, 0.5) is 0 Å². The molecule has 0 saturated heterocycles. The summed E-state index contributed by atoms with van der Waals surface area (Å²) in [5, 5.41) is 4.18. The summed E-state index contributed by atoms with van der Waals surface area (Å²) in [4.78, 5) is 11.9. The third-order valence-corrected chi connectivity index (χ3v) is 2.98. The van der Waals surface area contributed by atoms with Crippen molar-refractivity contribution in [1.29, 1.82) is 0 Å². The van der Waals surface area contributed by atoms with Gasteiger partial charge in [0.15, 0.2) is 5.76 Å². The van der Waals surface area contributed by atoms with Crippen molar-refractivity contribution < 1.29 is 9.21 Å². The molecule has 1 N–H and O–H groups in total. The minimum atomic E-state index is -0.337. The number of benzene rings is 1. The first-order chi connectivity index (χ1) is 9.60. The molecule has 1 amide bonds. The van der Waals surface area contributed by atoms with Crippen molar-refractivity contribution in [2.45, 2.75) is 27.2 Å². The first-order valence-electron chi connectivity index (χ1n) is 6.60. The summed E-state index contributed by atoms with van der Waals surface area (Å²) in [7, 11) is 0. The minimum Gasteiger partial charge on any atom is -0.456 e. The van der Waals surface area contributed by atoms with Crippen LogP contribution in [0.25, 0.3) is 0 Å². The van der Waals surface area contributed by atoms with Crippen LogP contribution in [0.1, 0.15) is 40.8 Å². The second kappa shape index (κ2) is 6.19. The van der Waals surface area contributed by atoms with Gasteiger partial charge in [-0.25, -0.2) is 5.43 Å². The predicted octanol–water partition coefficient (Wildman–Crippen LogP) is 3.44. The zero-order valence-electron chi connectivity index (χ0n) is 11.9. The molecule has 0 spiro atoms. The van der Waals surface area contributed by atoms with E-state index in [4.69, 9.17) is 4.42 Å². The fraction of sp³-hybridized carbons (Fsp3) is 0.250. The third-order valence-electron chi connectivity index (χ3n) is 2.98. The van der Waals surface area contributed by atoms with Gasteiger partial charge in [0.2, 0.25) is 0 Å². The number of aryl methyl sites for hydroxylation is 2. The molecule has 20 heavy (non-hydrogen) atoms. The van der Waals surface area contributed by atoms with Gasteiger partial charge < -0.3 is 4.42 Å². The van der Waals surface area contributed by atoms with Gasteiger partial charge >= 0.3 is 5.91 Å². The number of nitrogens with one attached hydrogen (secondary N) is 1. The van der Waals surface area contributed by atoms with Crippen LogP contribution in [0.5, 0.6) is 0 Å². The minimum absolute atomic E-state index is 0.269. The molecule has 0 fully saturated rings. The molecule has 104 valence electrons. The second-order valence-electron chi connectivity index (χ2n) is 4.63. The maximum Gasteiger partial charge on any atom is 0.307 e.